The lowest BCUT2D eigenvalue weighted by Crippen LogP contribution is -2.42. The minimum Gasteiger partial charge on any atom is -0.371 e. The van der Waals surface area contributed by atoms with Crippen molar-refractivity contribution in [2.45, 2.75) is 6.10 Å². The van der Waals surface area contributed by atoms with Gasteiger partial charge in [-0.25, -0.2) is 4.39 Å². The van der Waals surface area contributed by atoms with Crippen LogP contribution in [0.2, 0.25) is 0 Å². The van der Waals surface area contributed by atoms with Gasteiger partial charge in [0.1, 0.15) is 5.82 Å². The van der Waals surface area contributed by atoms with Crippen molar-refractivity contribution < 1.29 is 13.9 Å². The lowest BCUT2D eigenvalue weighted by molar-refractivity contribution is -0.119. The van der Waals surface area contributed by atoms with Gasteiger partial charge in [-0.1, -0.05) is 28.1 Å². The van der Waals surface area contributed by atoms with Gasteiger partial charge >= 0.3 is 0 Å². The Bertz CT molecular complexity index is 691. The first-order valence-corrected chi connectivity index (χ1v) is 8.54. The molecule has 2 aromatic carbocycles. The molecule has 1 fully saturated rings. The van der Waals surface area contributed by atoms with Crippen molar-refractivity contribution in [3.63, 3.8) is 0 Å². The Morgan fingerprint density at radius 2 is 1.92 bits per heavy atom. The topological polar surface area (TPSA) is 41.6 Å². The largest absolute Gasteiger partial charge is 0.371 e. The lowest BCUT2D eigenvalue weighted by atomic mass is 10.1. The van der Waals surface area contributed by atoms with Gasteiger partial charge in [0.25, 0.3) is 0 Å². The van der Waals surface area contributed by atoms with Crippen LogP contribution in [0.15, 0.2) is 53.0 Å². The van der Waals surface area contributed by atoms with Crippen molar-refractivity contribution >= 4 is 27.5 Å². The summed E-state index contributed by atoms with van der Waals surface area (Å²) in [6.45, 7) is 2.16. The molecule has 6 heteroatoms. The van der Waals surface area contributed by atoms with Gasteiger partial charge in [-0.15, -0.1) is 0 Å². The average Bonchev–Trinajstić information content (AvgIpc) is 2.58. The van der Waals surface area contributed by atoms with Gasteiger partial charge in [0.15, 0.2) is 0 Å². The van der Waals surface area contributed by atoms with Crippen molar-refractivity contribution in [1.29, 1.82) is 0 Å². The van der Waals surface area contributed by atoms with E-state index >= 15 is 0 Å². The number of carbonyl (C=O) groups excluding carboxylic acids is 1. The second-order valence-corrected chi connectivity index (χ2v) is 6.62. The van der Waals surface area contributed by atoms with E-state index in [1.54, 1.807) is 12.1 Å². The molecule has 0 aromatic heterocycles. The maximum Gasteiger partial charge on any atom is 0.238 e. The van der Waals surface area contributed by atoms with Crippen LogP contribution in [-0.2, 0) is 9.53 Å². The van der Waals surface area contributed by atoms with E-state index in [1.807, 2.05) is 29.2 Å². The first-order valence-electron chi connectivity index (χ1n) is 7.75. The summed E-state index contributed by atoms with van der Waals surface area (Å²) < 4.78 is 19.7. The van der Waals surface area contributed by atoms with E-state index in [4.69, 9.17) is 4.74 Å². The fraction of sp³-hybridized carbons (Fsp3) is 0.278. The third-order valence-corrected chi connectivity index (χ3v) is 4.42. The number of nitrogens with zero attached hydrogens (tertiary/aromatic N) is 1. The summed E-state index contributed by atoms with van der Waals surface area (Å²) >= 11 is 3.37. The smallest absolute Gasteiger partial charge is 0.238 e. The number of halogens is 2. The molecule has 1 unspecified atom stereocenters. The molecular weight excluding hydrogens is 375 g/mol. The maximum atomic E-state index is 13.0. The van der Waals surface area contributed by atoms with Gasteiger partial charge in [0.2, 0.25) is 5.91 Å². The second-order valence-electron chi connectivity index (χ2n) is 5.70. The summed E-state index contributed by atoms with van der Waals surface area (Å²) in [4.78, 5) is 14.2. The molecule has 1 aliphatic heterocycles. The fourth-order valence-corrected chi connectivity index (χ4v) is 2.93. The zero-order valence-electron chi connectivity index (χ0n) is 13.0. The van der Waals surface area contributed by atoms with Gasteiger partial charge in [-0.05, 0) is 42.0 Å². The maximum absolute atomic E-state index is 13.0. The molecular formula is C18H18BrFN2O2. The molecule has 1 heterocycles. The second kappa shape index (κ2) is 7.88. The van der Waals surface area contributed by atoms with Crippen LogP contribution in [0.4, 0.5) is 10.1 Å². The molecule has 2 aromatic rings. The summed E-state index contributed by atoms with van der Waals surface area (Å²) in [5.74, 6) is -0.322. The molecule has 0 spiro atoms. The zero-order chi connectivity index (χ0) is 16.9. The highest BCUT2D eigenvalue weighted by atomic mass is 79.9. The molecule has 0 bridgehead atoms. The van der Waals surface area contributed by atoms with Crippen molar-refractivity contribution in [2.75, 3.05) is 31.6 Å². The summed E-state index contributed by atoms with van der Waals surface area (Å²) in [5.41, 5.74) is 1.70. The Balaban J connectivity index is 1.55. The van der Waals surface area contributed by atoms with Gasteiger partial charge in [0, 0.05) is 23.2 Å². The molecule has 1 N–H and O–H groups in total. The number of benzene rings is 2. The van der Waals surface area contributed by atoms with E-state index in [9.17, 15) is 9.18 Å². The Kier molecular flexibility index (Phi) is 5.60. The molecule has 1 atom stereocenters. The summed E-state index contributed by atoms with van der Waals surface area (Å²) in [6, 6.07) is 13.8. The van der Waals surface area contributed by atoms with Crippen LogP contribution in [0.1, 0.15) is 11.7 Å². The van der Waals surface area contributed by atoms with Crippen LogP contribution in [0, 0.1) is 5.82 Å². The van der Waals surface area contributed by atoms with E-state index in [2.05, 4.69) is 21.2 Å². The van der Waals surface area contributed by atoms with E-state index in [0.29, 0.717) is 26.2 Å². The normalized spacial score (nSPS) is 18.3. The Morgan fingerprint density at radius 3 is 2.62 bits per heavy atom. The minimum atomic E-state index is -0.264. The predicted molar refractivity (Wildman–Crippen MR) is 94.3 cm³/mol. The highest BCUT2D eigenvalue weighted by Crippen LogP contribution is 2.22. The van der Waals surface area contributed by atoms with Crippen LogP contribution in [0.3, 0.4) is 0 Å². The van der Waals surface area contributed by atoms with E-state index in [-0.39, 0.29) is 17.8 Å². The SMILES string of the molecule is O=C(CN1CCOC(c2ccc(F)cc2)C1)Nc1ccc(Br)cc1. The Labute approximate surface area is 148 Å². The molecule has 3 rings (SSSR count). The number of morpholine rings is 1. The molecule has 4 nitrogen and oxygen atoms in total. The first kappa shape index (κ1) is 17.1. The number of rotatable bonds is 4. The highest BCUT2D eigenvalue weighted by molar-refractivity contribution is 9.10. The number of carbonyl (C=O) groups is 1. The number of hydrogen-bond donors (Lipinski definition) is 1. The Morgan fingerprint density at radius 1 is 1.21 bits per heavy atom. The van der Waals surface area contributed by atoms with E-state index in [1.165, 1.54) is 12.1 Å². The highest BCUT2D eigenvalue weighted by Gasteiger charge is 2.23. The molecule has 0 radical (unpaired) electrons. The monoisotopic (exact) mass is 392 g/mol. The van der Waals surface area contributed by atoms with Crippen molar-refractivity contribution in [1.82, 2.24) is 4.90 Å². The van der Waals surface area contributed by atoms with Crippen molar-refractivity contribution in [3.05, 3.63) is 64.4 Å². The third-order valence-electron chi connectivity index (χ3n) is 3.89. The van der Waals surface area contributed by atoms with Crippen LogP contribution < -0.4 is 5.32 Å². The quantitative estimate of drug-likeness (QED) is 0.863. The third kappa shape index (κ3) is 4.63. The number of ether oxygens (including phenoxy) is 1. The Hall–Kier alpha value is -1.76. The molecule has 1 aliphatic rings. The van der Waals surface area contributed by atoms with Crippen LogP contribution in [0.25, 0.3) is 0 Å². The summed E-state index contributed by atoms with van der Waals surface area (Å²) in [7, 11) is 0. The molecule has 0 saturated carbocycles. The van der Waals surface area contributed by atoms with Gasteiger partial charge in [-0.3, -0.25) is 9.69 Å². The number of nitrogens with one attached hydrogen (secondary N) is 1. The molecule has 24 heavy (non-hydrogen) atoms. The summed E-state index contributed by atoms with van der Waals surface area (Å²) in [6.07, 6.45) is -0.139. The standard InChI is InChI=1S/C18H18BrFN2O2/c19-14-3-7-16(8-4-14)21-18(23)12-22-9-10-24-17(11-22)13-1-5-15(20)6-2-13/h1-8,17H,9-12H2,(H,21,23). The molecule has 1 amide bonds. The first-order chi connectivity index (χ1) is 11.6. The molecule has 126 valence electrons. The van der Waals surface area contributed by atoms with E-state index < -0.39 is 0 Å². The van der Waals surface area contributed by atoms with Gasteiger partial charge < -0.3 is 10.1 Å². The van der Waals surface area contributed by atoms with Crippen LogP contribution >= 0.6 is 15.9 Å². The van der Waals surface area contributed by atoms with Crippen molar-refractivity contribution in [2.24, 2.45) is 0 Å². The van der Waals surface area contributed by atoms with Gasteiger partial charge in [0.05, 0.1) is 19.3 Å². The fourth-order valence-electron chi connectivity index (χ4n) is 2.66. The number of amides is 1. The number of hydrogen-bond acceptors (Lipinski definition) is 3. The van der Waals surface area contributed by atoms with Crippen LogP contribution in [0.5, 0.6) is 0 Å². The zero-order valence-corrected chi connectivity index (χ0v) is 14.6. The average molecular weight is 393 g/mol. The lowest BCUT2D eigenvalue weighted by Gasteiger charge is -2.32. The van der Waals surface area contributed by atoms with Gasteiger partial charge in [-0.2, -0.15) is 0 Å². The number of anilines is 1. The van der Waals surface area contributed by atoms with Crippen LogP contribution in [-0.4, -0.2) is 37.0 Å². The minimum absolute atomic E-state index is 0.0583. The molecule has 0 aliphatic carbocycles. The molecule has 1 saturated heterocycles. The summed E-state index contributed by atoms with van der Waals surface area (Å²) in [5, 5.41) is 2.89. The van der Waals surface area contributed by atoms with E-state index in [0.717, 1.165) is 15.7 Å². The van der Waals surface area contributed by atoms with Crippen molar-refractivity contribution in [3.8, 4) is 0 Å². The predicted octanol–water partition coefficient (Wildman–Crippen LogP) is 3.60.